The van der Waals surface area contributed by atoms with Crippen LogP contribution in [0.25, 0.3) is 0 Å². The van der Waals surface area contributed by atoms with Gasteiger partial charge in [-0.3, -0.25) is 4.79 Å². The van der Waals surface area contributed by atoms with Crippen molar-refractivity contribution in [3.8, 4) is 6.07 Å². The van der Waals surface area contributed by atoms with E-state index in [-0.39, 0.29) is 5.91 Å². The minimum Gasteiger partial charge on any atom is -0.385 e. The van der Waals surface area contributed by atoms with E-state index in [1.165, 1.54) is 0 Å². The van der Waals surface area contributed by atoms with Gasteiger partial charge >= 0.3 is 0 Å². The summed E-state index contributed by atoms with van der Waals surface area (Å²) in [5.74, 6) is -0.134. The molecule has 2 aromatic rings. The summed E-state index contributed by atoms with van der Waals surface area (Å²) in [5.41, 5.74) is 3.98. The number of hydrogen-bond acceptors (Lipinski definition) is 3. The molecule has 2 aromatic carbocycles. The highest BCUT2D eigenvalue weighted by molar-refractivity contribution is 6.06. The van der Waals surface area contributed by atoms with Gasteiger partial charge in [0.2, 0.25) is 0 Å². The molecule has 0 bridgehead atoms. The number of rotatable bonds is 2. The fraction of sp³-hybridized carbons (Fsp3) is 0.176. The first-order valence-corrected chi connectivity index (χ1v) is 6.95. The number of nitrogens with one attached hydrogen (secondary N) is 2. The predicted octanol–water partition coefficient (Wildman–Crippen LogP) is 3.17. The Bertz CT molecular complexity index is 731. The van der Waals surface area contributed by atoms with Gasteiger partial charge in [-0.15, -0.1) is 0 Å². The van der Waals surface area contributed by atoms with Crippen molar-refractivity contribution in [1.29, 1.82) is 5.26 Å². The molecule has 0 radical (unpaired) electrons. The first-order chi connectivity index (χ1) is 10.3. The number of benzene rings is 2. The number of anilines is 2. The summed E-state index contributed by atoms with van der Waals surface area (Å²) >= 11 is 0. The third-order valence-electron chi connectivity index (χ3n) is 3.59. The van der Waals surface area contributed by atoms with Gasteiger partial charge in [0.25, 0.3) is 5.91 Å². The van der Waals surface area contributed by atoms with Crippen LogP contribution in [0.4, 0.5) is 11.4 Å². The quantitative estimate of drug-likeness (QED) is 0.886. The topological polar surface area (TPSA) is 64.9 Å². The van der Waals surface area contributed by atoms with Gasteiger partial charge in [-0.05, 0) is 48.7 Å². The summed E-state index contributed by atoms with van der Waals surface area (Å²) in [6.07, 6.45) is 1.94. The van der Waals surface area contributed by atoms with Gasteiger partial charge in [0, 0.05) is 23.5 Å². The second-order valence-electron chi connectivity index (χ2n) is 5.01. The number of hydrogen-bond donors (Lipinski definition) is 2. The molecule has 0 aliphatic carbocycles. The molecular weight excluding hydrogens is 262 g/mol. The van der Waals surface area contributed by atoms with E-state index in [0.717, 1.165) is 30.6 Å². The van der Waals surface area contributed by atoms with Crippen molar-refractivity contribution in [2.45, 2.75) is 12.8 Å². The molecule has 0 spiro atoms. The summed E-state index contributed by atoms with van der Waals surface area (Å²) in [5, 5.41) is 15.1. The van der Waals surface area contributed by atoms with Gasteiger partial charge < -0.3 is 10.6 Å². The number of carbonyl (C=O) groups is 1. The van der Waals surface area contributed by atoms with Crippen molar-refractivity contribution >= 4 is 17.3 Å². The highest BCUT2D eigenvalue weighted by atomic mass is 16.1. The average molecular weight is 277 g/mol. The van der Waals surface area contributed by atoms with E-state index in [4.69, 9.17) is 5.26 Å². The molecule has 4 heteroatoms. The number of nitriles is 1. The van der Waals surface area contributed by atoms with Crippen LogP contribution in [0.1, 0.15) is 27.9 Å². The monoisotopic (exact) mass is 277 g/mol. The summed E-state index contributed by atoms with van der Waals surface area (Å²) in [6.45, 7) is 0.947. The van der Waals surface area contributed by atoms with E-state index >= 15 is 0 Å². The predicted molar refractivity (Wildman–Crippen MR) is 82.4 cm³/mol. The molecule has 0 atom stereocenters. The largest absolute Gasteiger partial charge is 0.385 e. The Hall–Kier alpha value is -2.80. The maximum absolute atomic E-state index is 12.5. The normalized spacial score (nSPS) is 12.7. The van der Waals surface area contributed by atoms with Gasteiger partial charge in [-0.2, -0.15) is 5.26 Å². The first-order valence-electron chi connectivity index (χ1n) is 6.95. The van der Waals surface area contributed by atoms with E-state index in [1.54, 1.807) is 24.3 Å². The Kier molecular flexibility index (Phi) is 3.57. The molecule has 21 heavy (non-hydrogen) atoms. The molecule has 2 N–H and O–H groups in total. The van der Waals surface area contributed by atoms with Crippen LogP contribution in [-0.4, -0.2) is 12.5 Å². The number of fused-ring (bicyclic) bond motifs is 1. The van der Waals surface area contributed by atoms with Crippen LogP contribution in [0, 0.1) is 11.3 Å². The Morgan fingerprint density at radius 3 is 2.95 bits per heavy atom. The van der Waals surface area contributed by atoms with Gasteiger partial charge in [0.15, 0.2) is 0 Å². The van der Waals surface area contributed by atoms with E-state index in [0.29, 0.717) is 16.8 Å². The number of amides is 1. The van der Waals surface area contributed by atoms with Crippen molar-refractivity contribution in [1.82, 2.24) is 0 Å². The van der Waals surface area contributed by atoms with E-state index < -0.39 is 0 Å². The zero-order chi connectivity index (χ0) is 14.7. The minimum absolute atomic E-state index is 0.134. The molecule has 1 aliphatic heterocycles. The molecule has 104 valence electrons. The van der Waals surface area contributed by atoms with Gasteiger partial charge in [-0.1, -0.05) is 12.1 Å². The highest BCUT2D eigenvalue weighted by Gasteiger charge is 2.17. The lowest BCUT2D eigenvalue weighted by Crippen LogP contribution is -2.19. The maximum Gasteiger partial charge on any atom is 0.256 e. The van der Waals surface area contributed by atoms with Crippen LogP contribution in [0.2, 0.25) is 0 Å². The first kappa shape index (κ1) is 13.2. The van der Waals surface area contributed by atoms with Crippen molar-refractivity contribution in [3.63, 3.8) is 0 Å². The number of nitrogens with zero attached hydrogens (tertiary/aromatic N) is 1. The Morgan fingerprint density at radius 1 is 1.24 bits per heavy atom. The summed E-state index contributed by atoms with van der Waals surface area (Å²) in [4.78, 5) is 12.5. The van der Waals surface area contributed by atoms with Crippen LogP contribution in [0.3, 0.4) is 0 Å². The smallest absolute Gasteiger partial charge is 0.256 e. The highest BCUT2D eigenvalue weighted by Crippen LogP contribution is 2.26. The van der Waals surface area contributed by atoms with Crippen LogP contribution >= 0.6 is 0 Å². The molecule has 0 fully saturated rings. The molecule has 3 rings (SSSR count). The standard InChI is InChI=1S/C17H15N3O/c18-11-12-4-1-5-13(10-12)20-17(21)15-6-2-8-16-14(15)7-3-9-19-16/h1-2,4-6,8,10,19H,3,7,9H2,(H,20,21). The van der Waals surface area contributed by atoms with E-state index in [9.17, 15) is 4.79 Å². The molecule has 1 amide bonds. The Balaban J connectivity index is 1.87. The molecule has 1 heterocycles. The fourth-order valence-corrected chi connectivity index (χ4v) is 2.59. The van der Waals surface area contributed by atoms with Crippen molar-refractivity contribution in [2.75, 3.05) is 17.2 Å². The zero-order valence-corrected chi connectivity index (χ0v) is 11.5. The summed E-state index contributed by atoms with van der Waals surface area (Å²) in [6, 6.07) is 14.7. The van der Waals surface area contributed by atoms with Gasteiger partial charge in [0.1, 0.15) is 0 Å². The number of carbonyl (C=O) groups excluding carboxylic acids is 1. The lowest BCUT2D eigenvalue weighted by molar-refractivity contribution is 0.102. The van der Waals surface area contributed by atoms with Gasteiger partial charge in [-0.25, -0.2) is 0 Å². The third kappa shape index (κ3) is 2.72. The van der Waals surface area contributed by atoms with Crippen LogP contribution < -0.4 is 10.6 Å². The third-order valence-corrected chi connectivity index (χ3v) is 3.59. The average Bonchev–Trinajstić information content (AvgIpc) is 2.54. The van der Waals surface area contributed by atoms with Crippen molar-refractivity contribution < 1.29 is 4.79 Å². The van der Waals surface area contributed by atoms with Crippen LogP contribution in [0.15, 0.2) is 42.5 Å². The minimum atomic E-state index is -0.134. The lowest BCUT2D eigenvalue weighted by Gasteiger charge is -2.20. The molecule has 0 saturated carbocycles. The molecule has 1 aliphatic rings. The van der Waals surface area contributed by atoms with E-state index in [1.807, 2.05) is 18.2 Å². The van der Waals surface area contributed by atoms with Crippen LogP contribution in [-0.2, 0) is 6.42 Å². The molecule has 0 saturated heterocycles. The Morgan fingerprint density at radius 2 is 2.10 bits per heavy atom. The Labute approximate surface area is 123 Å². The van der Waals surface area contributed by atoms with E-state index in [2.05, 4.69) is 16.7 Å². The second kappa shape index (κ2) is 5.68. The SMILES string of the molecule is N#Cc1cccc(NC(=O)c2cccc3c2CCCN3)c1. The molecular formula is C17H15N3O. The molecule has 0 unspecified atom stereocenters. The van der Waals surface area contributed by atoms with Gasteiger partial charge in [0.05, 0.1) is 11.6 Å². The summed E-state index contributed by atoms with van der Waals surface area (Å²) < 4.78 is 0. The summed E-state index contributed by atoms with van der Waals surface area (Å²) in [7, 11) is 0. The van der Waals surface area contributed by atoms with Crippen LogP contribution in [0.5, 0.6) is 0 Å². The lowest BCUT2D eigenvalue weighted by atomic mass is 9.97. The second-order valence-corrected chi connectivity index (χ2v) is 5.01. The maximum atomic E-state index is 12.5. The van der Waals surface area contributed by atoms with Crippen molar-refractivity contribution in [3.05, 3.63) is 59.2 Å². The molecule has 0 aromatic heterocycles. The van der Waals surface area contributed by atoms with Crippen molar-refractivity contribution in [2.24, 2.45) is 0 Å². The molecule has 4 nitrogen and oxygen atoms in total. The fourth-order valence-electron chi connectivity index (χ4n) is 2.59. The zero-order valence-electron chi connectivity index (χ0n) is 11.5.